The van der Waals surface area contributed by atoms with Gasteiger partial charge in [0.25, 0.3) is 0 Å². The van der Waals surface area contributed by atoms with Gasteiger partial charge in [0.15, 0.2) is 0 Å². The van der Waals surface area contributed by atoms with Crippen molar-refractivity contribution in [2.45, 2.75) is 25.3 Å². The summed E-state index contributed by atoms with van der Waals surface area (Å²) in [5.41, 5.74) is -0.620. The molecule has 1 unspecified atom stereocenters. The molecule has 1 aliphatic rings. The molecule has 0 aliphatic heterocycles. The lowest BCUT2D eigenvalue weighted by atomic mass is 9.62. The zero-order valence-corrected chi connectivity index (χ0v) is 11.0. The third kappa shape index (κ3) is 2.23. The number of hydrogen-bond acceptors (Lipinski definition) is 3. The number of carbonyl (C=O) groups is 1. The quantitative estimate of drug-likeness (QED) is 0.854. The fourth-order valence-electron chi connectivity index (χ4n) is 2.84. The van der Waals surface area contributed by atoms with E-state index in [1.807, 2.05) is 0 Å². The molecule has 3 nitrogen and oxygen atoms in total. The van der Waals surface area contributed by atoms with Gasteiger partial charge in [0.1, 0.15) is 11.6 Å². The topological polar surface area (TPSA) is 38.3 Å². The van der Waals surface area contributed by atoms with Crippen molar-refractivity contribution in [2.75, 3.05) is 14.2 Å². The van der Waals surface area contributed by atoms with Crippen molar-refractivity contribution in [3.63, 3.8) is 0 Å². The van der Waals surface area contributed by atoms with E-state index in [0.29, 0.717) is 12.8 Å². The smallest absolute Gasteiger partial charge is 0.313 e. The first-order valence-corrected chi connectivity index (χ1v) is 6.26. The minimum atomic E-state index is -0.794. The number of methoxy groups -OCH3 is 1. The van der Waals surface area contributed by atoms with Gasteiger partial charge >= 0.3 is 5.97 Å². The van der Waals surface area contributed by atoms with Crippen LogP contribution in [0.15, 0.2) is 18.2 Å². The minimum Gasteiger partial charge on any atom is -0.469 e. The number of esters is 1. The van der Waals surface area contributed by atoms with Gasteiger partial charge in [-0.1, -0.05) is 6.42 Å². The van der Waals surface area contributed by atoms with Crippen LogP contribution in [0.5, 0.6) is 0 Å². The highest BCUT2D eigenvalue weighted by molar-refractivity contribution is 5.79. The Morgan fingerprint density at radius 1 is 1.42 bits per heavy atom. The van der Waals surface area contributed by atoms with Crippen LogP contribution >= 0.6 is 0 Å². The lowest BCUT2D eigenvalue weighted by molar-refractivity contribution is -0.161. The van der Waals surface area contributed by atoms with Crippen molar-refractivity contribution in [1.82, 2.24) is 5.32 Å². The van der Waals surface area contributed by atoms with Crippen LogP contribution in [-0.4, -0.2) is 20.1 Å². The second-order valence-electron chi connectivity index (χ2n) is 4.89. The van der Waals surface area contributed by atoms with Gasteiger partial charge < -0.3 is 10.1 Å². The van der Waals surface area contributed by atoms with E-state index in [1.54, 1.807) is 7.05 Å². The SMILES string of the molecule is CNC(c1cc(F)ccc1F)C1(C(=O)OC)CCC1. The molecular formula is C14H17F2NO2. The zero-order chi connectivity index (χ0) is 14.0. The molecule has 0 aromatic heterocycles. The largest absolute Gasteiger partial charge is 0.469 e. The highest BCUT2D eigenvalue weighted by Gasteiger charge is 2.52. The minimum absolute atomic E-state index is 0.174. The molecule has 0 saturated heterocycles. The molecule has 0 radical (unpaired) electrons. The Bertz CT molecular complexity index is 486. The summed E-state index contributed by atoms with van der Waals surface area (Å²) in [7, 11) is 2.95. The molecule has 1 saturated carbocycles. The van der Waals surface area contributed by atoms with Crippen molar-refractivity contribution in [1.29, 1.82) is 0 Å². The fraction of sp³-hybridized carbons (Fsp3) is 0.500. The summed E-state index contributed by atoms with van der Waals surface area (Å²) in [6.45, 7) is 0. The monoisotopic (exact) mass is 269 g/mol. The first kappa shape index (κ1) is 13.9. The van der Waals surface area contributed by atoms with E-state index in [0.717, 1.165) is 24.6 Å². The molecule has 1 fully saturated rings. The summed E-state index contributed by atoms with van der Waals surface area (Å²) >= 11 is 0. The molecule has 1 atom stereocenters. The molecule has 0 spiro atoms. The van der Waals surface area contributed by atoms with Crippen LogP contribution in [0.25, 0.3) is 0 Å². The van der Waals surface area contributed by atoms with Gasteiger partial charge in [0.2, 0.25) is 0 Å². The molecule has 2 rings (SSSR count). The molecule has 1 N–H and O–H groups in total. The van der Waals surface area contributed by atoms with Crippen molar-refractivity contribution in [3.8, 4) is 0 Å². The maximum Gasteiger partial charge on any atom is 0.313 e. The summed E-state index contributed by atoms with van der Waals surface area (Å²) in [5.74, 6) is -1.41. The predicted octanol–water partition coefficient (Wildman–Crippen LogP) is 2.57. The van der Waals surface area contributed by atoms with E-state index in [-0.39, 0.29) is 11.5 Å². The normalized spacial score (nSPS) is 18.5. The number of benzene rings is 1. The van der Waals surface area contributed by atoms with Gasteiger partial charge in [-0.15, -0.1) is 0 Å². The Hall–Kier alpha value is -1.49. The Morgan fingerprint density at radius 3 is 2.58 bits per heavy atom. The van der Waals surface area contributed by atoms with Crippen LogP contribution in [0.2, 0.25) is 0 Å². The molecule has 1 aromatic rings. The van der Waals surface area contributed by atoms with Crippen LogP contribution in [0, 0.1) is 17.0 Å². The van der Waals surface area contributed by atoms with Gasteiger partial charge in [-0.3, -0.25) is 4.79 Å². The predicted molar refractivity (Wildman–Crippen MR) is 66.5 cm³/mol. The molecule has 0 bridgehead atoms. The van der Waals surface area contributed by atoms with Gasteiger partial charge in [0, 0.05) is 5.56 Å². The van der Waals surface area contributed by atoms with E-state index in [1.165, 1.54) is 7.11 Å². The molecule has 0 heterocycles. The third-order valence-corrected chi connectivity index (χ3v) is 3.95. The number of halogens is 2. The standard InChI is InChI=1S/C14H17F2NO2/c1-17-12(10-8-9(15)4-5-11(10)16)14(6-3-7-14)13(18)19-2/h4-5,8,12,17H,3,6-7H2,1-2H3. The lowest BCUT2D eigenvalue weighted by Gasteiger charge is -2.45. The Balaban J connectivity index is 2.44. The zero-order valence-electron chi connectivity index (χ0n) is 11.0. The second kappa shape index (κ2) is 5.25. The van der Waals surface area contributed by atoms with Crippen LogP contribution in [0.4, 0.5) is 8.78 Å². The van der Waals surface area contributed by atoms with Gasteiger partial charge in [-0.05, 0) is 38.1 Å². The Labute approximate surface area is 111 Å². The molecule has 1 aliphatic carbocycles. The van der Waals surface area contributed by atoms with Crippen molar-refractivity contribution in [2.24, 2.45) is 5.41 Å². The van der Waals surface area contributed by atoms with E-state index in [4.69, 9.17) is 4.74 Å². The van der Waals surface area contributed by atoms with Crippen LogP contribution in [-0.2, 0) is 9.53 Å². The molecule has 1 aromatic carbocycles. The summed E-state index contributed by atoms with van der Waals surface area (Å²) in [6.07, 6.45) is 2.10. The van der Waals surface area contributed by atoms with Gasteiger partial charge in [-0.2, -0.15) is 0 Å². The summed E-state index contributed by atoms with van der Waals surface area (Å²) in [4.78, 5) is 12.0. The number of ether oxygens (including phenoxy) is 1. The first-order valence-electron chi connectivity index (χ1n) is 6.26. The number of nitrogens with one attached hydrogen (secondary N) is 1. The summed E-state index contributed by atoms with van der Waals surface area (Å²) in [5, 5.41) is 2.94. The third-order valence-electron chi connectivity index (χ3n) is 3.95. The molecule has 0 amide bonds. The Kier molecular flexibility index (Phi) is 3.85. The van der Waals surface area contributed by atoms with Crippen LogP contribution < -0.4 is 5.32 Å². The fourth-order valence-corrected chi connectivity index (χ4v) is 2.84. The number of carbonyl (C=O) groups excluding carboxylic acids is 1. The maximum absolute atomic E-state index is 13.9. The average molecular weight is 269 g/mol. The van der Waals surface area contributed by atoms with E-state index in [9.17, 15) is 13.6 Å². The maximum atomic E-state index is 13.9. The van der Waals surface area contributed by atoms with E-state index >= 15 is 0 Å². The van der Waals surface area contributed by atoms with Gasteiger partial charge in [-0.25, -0.2) is 8.78 Å². The number of rotatable bonds is 4. The Morgan fingerprint density at radius 2 is 2.11 bits per heavy atom. The van der Waals surface area contributed by atoms with Crippen molar-refractivity contribution in [3.05, 3.63) is 35.4 Å². The summed E-state index contributed by atoms with van der Waals surface area (Å²) in [6, 6.07) is 2.71. The summed E-state index contributed by atoms with van der Waals surface area (Å²) < 4.78 is 32.1. The van der Waals surface area contributed by atoms with Crippen LogP contribution in [0.1, 0.15) is 30.9 Å². The highest BCUT2D eigenvalue weighted by Crippen LogP contribution is 2.51. The molecule has 5 heteroatoms. The van der Waals surface area contributed by atoms with E-state index in [2.05, 4.69) is 5.32 Å². The first-order chi connectivity index (χ1) is 9.05. The molecule has 104 valence electrons. The highest BCUT2D eigenvalue weighted by atomic mass is 19.1. The number of hydrogen-bond donors (Lipinski definition) is 1. The molecular weight excluding hydrogens is 252 g/mol. The average Bonchev–Trinajstić information content (AvgIpc) is 2.36. The lowest BCUT2D eigenvalue weighted by Crippen LogP contribution is -2.48. The van der Waals surface area contributed by atoms with Crippen molar-refractivity contribution >= 4 is 5.97 Å². The molecule has 19 heavy (non-hydrogen) atoms. The van der Waals surface area contributed by atoms with Crippen molar-refractivity contribution < 1.29 is 18.3 Å². The van der Waals surface area contributed by atoms with Crippen LogP contribution in [0.3, 0.4) is 0 Å². The second-order valence-corrected chi connectivity index (χ2v) is 4.89. The van der Waals surface area contributed by atoms with E-state index < -0.39 is 23.1 Å². The van der Waals surface area contributed by atoms with Gasteiger partial charge in [0.05, 0.1) is 18.6 Å².